The smallest absolute Gasteiger partial charge is 0.404 e. The average Bonchev–Trinajstić information content (AvgIpc) is 2.95. The number of carbonyl (C=O) groups is 1. The topological polar surface area (TPSA) is 50.8 Å². The number of ether oxygens (including phenoxy) is 2. The largest absolute Gasteiger partial charge is 0.454 e. The number of halogens is 3. The molecule has 1 aromatic rings. The van der Waals surface area contributed by atoms with Crippen molar-refractivity contribution in [1.29, 1.82) is 0 Å². The maximum absolute atomic E-state index is 13.4. The van der Waals surface area contributed by atoms with Crippen molar-refractivity contribution in [1.82, 2.24) is 10.2 Å². The third kappa shape index (κ3) is 3.58. The second kappa shape index (κ2) is 6.51. The van der Waals surface area contributed by atoms with Crippen LogP contribution in [-0.2, 0) is 11.3 Å². The van der Waals surface area contributed by atoms with Crippen LogP contribution >= 0.6 is 0 Å². The van der Waals surface area contributed by atoms with Crippen LogP contribution < -0.4 is 14.8 Å². The highest BCUT2D eigenvalue weighted by Crippen LogP contribution is 2.38. The molecule has 1 saturated heterocycles. The highest BCUT2D eigenvalue weighted by Gasteiger charge is 2.46. The Hall–Kier alpha value is -1.96. The SMILES string of the molecule is CC(=O)N[C@H]1CC[C@@H](C(F)(F)F)N(Cc2cccc3c2OCO3)C1. The number of carbonyl (C=O) groups excluding carboxylic acids is 1. The molecule has 2 aliphatic heterocycles. The van der Waals surface area contributed by atoms with Gasteiger partial charge in [0, 0.05) is 31.6 Å². The van der Waals surface area contributed by atoms with Gasteiger partial charge in [-0.1, -0.05) is 12.1 Å². The van der Waals surface area contributed by atoms with Crippen molar-refractivity contribution in [2.24, 2.45) is 0 Å². The summed E-state index contributed by atoms with van der Waals surface area (Å²) in [5.41, 5.74) is 0.655. The Morgan fingerprint density at radius 2 is 2.12 bits per heavy atom. The van der Waals surface area contributed by atoms with Gasteiger partial charge in [0.25, 0.3) is 0 Å². The number of para-hydroxylation sites is 1. The number of benzene rings is 1. The standard InChI is InChI=1S/C16H19F3N2O3/c1-10(22)20-12-5-6-14(16(17,18)19)21(8-12)7-11-3-2-4-13-15(11)24-9-23-13/h2-4,12,14H,5-9H2,1H3,(H,20,22)/t12-,14-/m0/s1. The molecular formula is C16H19F3N2O3. The van der Waals surface area contributed by atoms with E-state index in [1.54, 1.807) is 18.2 Å². The molecule has 1 amide bonds. The molecule has 132 valence electrons. The van der Waals surface area contributed by atoms with E-state index in [1.807, 2.05) is 0 Å². The van der Waals surface area contributed by atoms with Crippen molar-refractivity contribution < 1.29 is 27.4 Å². The van der Waals surface area contributed by atoms with E-state index in [2.05, 4.69) is 5.32 Å². The van der Waals surface area contributed by atoms with Gasteiger partial charge in [0.2, 0.25) is 12.7 Å². The summed E-state index contributed by atoms with van der Waals surface area (Å²) in [5, 5.41) is 2.72. The minimum Gasteiger partial charge on any atom is -0.454 e. The summed E-state index contributed by atoms with van der Waals surface area (Å²) in [5.74, 6) is 0.814. The summed E-state index contributed by atoms with van der Waals surface area (Å²) < 4.78 is 50.8. The van der Waals surface area contributed by atoms with E-state index in [0.29, 0.717) is 23.5 Å². The molecule has 0 spiro atoms. The fourth-order valence-corrected chi connectivity index (χ4v) is 3.33. The molecule has 5 nitrogen and oxygen atoms in total. The molecule has 0 aromatic heterocycles. The van der Waals surface area contributed by atoms with E-state index in [4.69, 9.17) is 9.47 Å². The van der Waals surface area contributed by atoms with E-state index >= 15 is 0 Å². The number of amides is 1. The minimum absolute atomic E-state index is 0.0408. The van der Waals surface area contributed by atoms with Crippen LogP contribution in [0.1, 0.15) is 25.3 Å². The molecule has 1 aromatic carbocycles. The zero-order valence-corrected chi connectivity index (χ0v) is 13.2. The predicted octanol–water partition coefficient (Wildman–Crippen LogP) is 2.45. The maximum atomic E-state index is 13.4. The Labute approximate surface area is 137 Å². The molecule has 8 heteroatoms. The fourth-order valence-electron chi connectivity index (χ4n) is 3.33. The third-order valence-electron chi connectivity index (χ3n) is 4.32. The lowest BCUT2D eigenvalue weighted by Gasteiger charge is -2.40. The Kier molecular flexibility index (Phi) is 4.58. The van der Waals surface area contributed by atoms with E-state index in [1.165, 1.54) is 11.8 Å². The summed E-state index contributed by atoms with van der Waals surface area (Å²) in [7, 11) is 0. The van der Waals surface area contributed by atoms with Gasteiger partial charge >= 0.3 is 6.18 Å². The Morgan fingerprint density at radius 3 is 2.83 bits per heavy atom. The molecule has 2 heterocycles. The number of alkyl halides is 3. The number of nitrogens with zero attached hydrogens (tertiary/aromatic N) is 1. The molecule has 1 N–H and O–H groups in total. The molecule has 0 unspecified atom stereocenters. The second-order valence-corrected chi connectivity index (χ2v) is 6.11. The molecule has 3 rings (SSSR count). The number of hydrogen-bond acceptors (Lipinski definition) is 4. The first kappa shape index (κ1) is 16.9. The summed E-state index contributed by atoms with van der Waals surface area (Å²) in [6.45, 7) is 1.68. The van der Waals surface area contributed by atoms with Gasteiger partial charge in [0.1, 0.15) is 6.04 Å². The van der Waals surface area contributed by atoms with Gasteiger partial charge < -0.3 is 14.8 Å². The van der Waals surface area contributed by atoms with Crippen LogP contribution in [0.4, 0.5) is 13.2 Å². The summed E-state index contributed by atoms with van der Waals surface area (Å²) in [6.07, 6.45) is -4.04. The molecule has 24 heavy (non-hydrogen) atoms. The number of piperidine rings is 1. The van der Waals surface area contributed by atoms with Gasteiger partial charge in [0.05, 0.1) is 0 Å². The van der Waals surface area contributed by atoms with Crippen molar-refractivity contribution in [2.75, 3.05) is 13.3 Å². The van der Waals surface area contributed by atoms with E-state index in [0.717, 1.165) is 0 Å². The van der Waals surface area contributed by atoms with Gasteiger partial charge in [-0.05, 0) is 18.9 Å². The lowest BCUT2D eigenvalue weighted by Crippen LogP contribution is -2.55. The average molecular weight is 344 g/mol. The van der Waals surface area contributed by atoms with Crippen LogP contribution in [0.3, 0.4) is 0 Å². The summed E-state index contributed by atoms with van der Waals surface area (Å²) in [6, 6.07) is 3.39. The maximum Gasteiger partial charge on any atom is 0.404 e. The number of fused-ring (bicyclic) bond motifs is 1. The molecule has 0 bridgehead atoms. The van der Waals surface area contributed by atoms with Gasteiger partial charge in [0.15, 0.2) is 11.5 Å². The molecule has 2 aliphatic rings. The van der Waals surface area contributed by atoms with Crippen molar-refractivity contribution >= 4 is 5.91 Å². The van der Waals surface area contributed by atoms with E-state index in [9.17, 15) is 18.0 Å². The van der Waals surface area contributed by atoms with Crippen LogP contribution in [0, 0.1) is 0 Å². The van der Waals surface area contributed by atoms with Gasteiger partial charge in [-0.2, -0.15) is 13.2 Å². The van der Waals surface area contributed by atoms with Crippen LogP contribution in [0.25, 0.3) is 0 Å². The Bertz CT molecular complexity index is 621. The van der Waals surface area contributed by atoms with Gasteiger partial charge in [-0.3, -0.25) is 9.69 Å². The summed E-state index contributed by atoms with van der Waals surface area (Å²) >= 11 is 0. The monoisotopic (exact) mass is 344 g/mol. The highest BCUT2D eigenvalue weighted by atomic mass is 19.4. The van der Waals surface area contributed by atoms with Gasteiger partial charge in [-0.15, -0.1) is 0 Å². The zero-order valence-electron chi connectivity index (χ0n) is 13.2. The summed E-state index contributed by atoms with van der Waals surface area (Å²) in [4.78, 5) is 12.6. The Balaban J connectivity index is 1.81. The first-order valence-corrected chi connectivity index (χ1v) is 7.80. The lowest BCUT2D eigenvalue weighted by molar-refractivity contribution is -0.194. The molecule has 2 atom stereocenters. The van der Waals surface area contributed by atoms with E-state index < -0.39 is 12.2 Å². The van der Waals surface area contributed by atoms with Crippen LogP contribution in [0.5, 0.6) is 11.5 Å². The molecule has 0 radical (unpaired) electrons. The number of rotatable bonds is 3. The first-order chi connectivity index (χ1) is 11.3. The minimum atomic E-state index is -4.31. The third-order valence-corrected chi connectivity index (χ3v) is 4.32. The fraction of sp³-hybridized carbons (Fsp3) is 0.562. The predicted molar refractivity (Wildman–Crippen MR) is 79.7 cm³/mol. The first-order valence-electron chi connectivity index (χ1n) is 7.80. The number of likely N-dealkylation sites (tertiary alicyclic amines) is 1. The zero-order chi connectivity index (χ0) is 17.3. The van der Waals surface area contributed by atoms with Gasteiger partial charge in [-0.25, -0.2) is 0 Å². The molecule has 0 saturated carbocycles. The van der Waals surface area contributed by atoms with Crippen molar-refractivity contribution in [3.05, 3.63) is 23.8 Å². The number of hydrogen-bond donors (Lipinski definition) is 1. The Morgan fingerprint density at radius 1 is 1.33 bits per heavy atom. The highest BCUT2D eigenvalue weighted by molar-refractivity contribution is 5.73. The molecule has 1 fully saturated rings. The van der Waals surface area contributed by atoms with Crippen molar-refractivity contribution in [2.45, 2.75) is 44.6 Å². The van der Waals surface area contributed by atoms with Crippen LogP contribution in [0.15, 0.2) is 18.2 Å². The van der Waals surface area contributed by atoms with Crippen LogP contribution in [-0.4, -0.2) is 42.4 Å². The molecular weight excluding hydrogens is 325 g/mol. The van der Waals surface area contributed by atoms with E-state index in [-0.39, 0.29) is 38.3 Å². The normalized spacial score (nSPS) is 24.0. The van der Waals surface area contributed by atoms with Crippen molar-refractivity contribution in [3.63, 3.8) is 0 Å². The van der Waals surface area contributed by atoms with Crippen LogP contribution in [0.2, 0.25) is 0 Å². The quantitative estimate of drug-likeness (QED) is 0.915. The van der Waals surface area contributed by atoms with Crippen molar-refractivity contribution in [3.8, 4) is 11.5 Å². The second-order valence-electron chi connectivity index (χ2n) is 6.11. The molecule has 0 aliphatic carbocycles. The number of nitrogens with one attached hydrogen (secondary N) is 1. The lowest BCUT2D eigenvalue weighted by atomic mass is 9.96.